The van der Waals surface area contributed by atoms with Crippen LogP contribution in [0.5, 0.6) is 5.88 Å². The molecule has 0 aliphatic carbocycles. The third-order valence-electron chi connectivity index (χ3n) is 3.03. The smallest absolute Gasteiger partial charge is 0.217 e. The molecule has 0 aliphatic rings. The van der Waals surface area contributed by atoms with Crippen molar-refractivity contribution in [3.63, 3.8) is 0 Å². The van der Waals surface area contributed by atoms with Crippen molar-refractivity contribution in [3.05, 3.63) is 12.1 Å². The van der Waals surface area contributed by atoms with Crippen LogP contribution in [0.25, 0.3) is 0 Å². The summed E-state index contributed by atoms with van der Waals surface area (Å²) in [5.41, 5.74) is 6.99. The first kappa shape index (κ1) is 17.2. The molecule has 0 atom stereocenters. The minimum atomic E-state index is 0.507. The van der Waals surface area contributed by atoms with Crippen molar-refractivity contribution in [3.8, 4) is 17.7 Å². The summed E-state index contributed by atoms with van der Waals surface area (Å²) in [6.07, 6.45) is 3.96. The first-order chi connectivity index (χ1) is 10.2. The maximum Gasteiger partial charge on any atom is 0.217 e. The molecule has 2 N–H and O–H groups in total. The van der Waals surface area contributed by atoms with Gasteiger partial charge in [-0.3, -0.25) is 0 Å². The highest BCUT2D eigenvalue weighted by atomic mass is 16.5. The molecular formula is C17H27N3O. The number of anilines is 2. The van der Waals surface area contributed by atoms with Crippen molar-refractivity contribution >= 4 is 11.5 Å². The predicted molar refractivity (Wildman–Crippen MR) is 89.6 cm³/mol. The van der Waals surface area contributed by atoms with E-state index in [-0.39, 0.29) is 0 Å². The minimum Gasteiger partial charge on any atom is -0.478 e. The van der Waals surface area contributed by atoms with E-state index in [0.717, 1.165) is 44.5 Å². The number of hydrogen-bond donors (Lipinski definition) is 1. The summed E-state index contributed by atoms with van der Waals surface area (Å²) in [7, 11) is 0. The fraction of sp³-hybridized carbons (Fsp3) is 0.588. The number of rotatable bonds is 9. The average molecular weight is 289 g/mol. The molecule has 1 aromatic rings. The van der Waals surface area contributed by atoms with Crippen LogP contribution < -0.4 is 15.4 Å². The Hall–Kier alpha value is -1.89. The van der Waals surface area contributed by atoms with Crippen LogP contribution in [-0.4, -0.2) is 24.7 Å². The fourth-order valence-electron chi connectivity index (χ4n) is 2.14. The second-order valence-corrected chi connectivity index (χ2v) is 4.95. The largest absolute Gasteiger partial charge is 0.478 e. The second kappa shape index (κ2) is 9.93. The molecule has 0 radical (unpaired) electrons. The lowest BCUT2D eigenvalue weighted by atomic mass is 10.3. The Kier molecular flexibility index (Phi) is 8.11. The molecule has 1 rings (SSSR count). The summed E-state index contributed by atoms with van der Waals surface area (Å²) in [6, 6.07) is 3.90. The highest BCUT2D eigenvalue weighted by Crippen LogP contribution is 2.23. The quantitative estimate of drug-likeness (QED) is 0.558. The fourth-order valence-corrected chi connectivity index (χ4v) is 2.14. The van der Waals surface area contributed by atoms with Crippen LogP contribution >= 0.6 is 0 Å². The lowest BCUT2D eigenvalue weighted by Crippen LogP contribution is -2.25. The molecule has 0 fully saturated rings. The molecule has 0 aliphatic heterocycles. The Morgan fingerprint density at radius 1 is 1.24 bits per heavy atom. The number of pyridine rings is 1. The van der Waals surface area contributed by atoms with Crippen LogP contribution in [-0.2, 0) is 0 Å². The number of aromatic nitrogens is 1. The summed E-state index contributed by atoms with van der Waals surface area (Å²) in [6.45, 7) is 8.86. The average Bonchev–Trinajstić information content (AvgIpc) is 2.46. The zero-order chi connectivity index (χ0) is 15.5. The van der Waals surface area contributed by atoms with E-state index < -0.39 is 0 Å². The Bertz CT molecular complexity index is 471. The molecule has 116 valence electrons. The van der Waals surface area contributed by atoms with Gasteiger partial charge in [-0.1, -0.05) is 13.8 Å². The Balaban J connectivity index is 2.70. The summed E-state index contributed by atoms with van der Waals surface area (Å²) in [4.78, 5) is 6.57. The second-order valence-electron chi connectivity index (χ2n) is 4.95. The van der Waals surface area contributed by atoms with Crippen molar-refractivity contribution < 1.29 is 4.74 Å². The SMILES string of the molecule is CC#CCCCOc1cc(N(CCC)CCC)cc(N)n1. The summed E-state index contributed by atoms with van der Waals surface area (Å²) in [5, 5.41) is 0. The van der Waals surface area contributed by atoms with E-state index in [0.29, 0.717) is 18.3 Å². The number of nitrogens with zero attached hydrogens (tertiary/aromatic N) is 2. The molecule has 0 amide bonds. The van der Waals surface area contributed by atoms with Crippen LogP contribution in [0.4, 0.5) is 11.5 Å². The standard InChI is InChI=1S/C17H27N3O/c1-4-7-8-9-12-21-17-14-15(13-16(18)19-17)20(10-5-2)11-6-3/h13-14H,5-6,8-12H2,1-3H3,(H2,18,19). The molecule has 0 unspecified atom stereocenters. The molecule has 4 heteroatoms. The monoisotopic (exact) mass is 289 g/mol. The maximum atomic E-state index is 5.90. The van der Waals surface area contributed by atoms with Gasteiger partial charge in [0.15, 0.2) is 0 Å². The first-order valence-corrected chi connectivity index (χ1v) is 7.76. The van der Waals surface area contributed by atoms with Gasteiger partial charge in [0.2, 0.25) is 5.88 Å². The zero-order valence-corrected chi connectivity index (χ0v) is 13.5. The van der Waals surface area contributed by atoms with Gasteiger partial charge in [-0.25, -0.2) is 0 Å². The van der Waals surface area contributed by atoms with Gasteiger partial charge >= 0.3 is 0 Å². The number of ether oxygens (including phenoxy) is 1. The van der Waals surface area contributed by atoms with Crippen LogP contribution in [0, 0.1) is 11.8 Å². The molecule has 4 nitrogen and oxygen atoms in total. The highest BCUT2D eigenvalue weighted by Gasteiger charge is 2.08. The normalized spacial score (nSPS) is 9.86. The van der Waals surface area contributed by atoms with Gasteiger partial charge in [0.05, 0.1) is 6.61 Å². The molecule has 0 bridgehead atoms. The predicted octanol–water partition coefficient (Wildman–Crippen LogP) is 3.47. The number of nitrogen functional groups attached to an aromatic ring is 1. The first-order valence-electron chi connectivity index (χ1n) is 7.76. The van der Waals surface area contributed by atoms with Gasteiger partial charge in [0, 0.05) is 37.3 Å². The van der Waals surface area contributed by atoms with Crippen LogP contribution in [0.15, 0.2) is 12.1 Å². The van der Waals surface area contributed by atoms with E-state index in [2.05, 4.69) is 35.6 Å². The number of hydrogen-bond acceptors (Lipinski definition) is 4. The van der Waals surface area contributed by atoms with Gasteiger partial charge in [-0.2, -0.15) is 4.98 Å². The van der Waals surface area contributed by atoms with Crippen LogP contribution in [0.3, 0.4) is 0 Å². The Morgan fingerprint density at radius 3 is 2.57 bits per heavy atom. The summed E-state index contributed by atoms with van der Waals surface area (Å²) < 4.78 is 5.69. The van der Waals surface area contributed by atoms with E-state index in [4.69, 9.17) is 10.5 Å². The molecule has 0 spiro atoms. The third-order valence-corrected chi connectivity index (χ3v) is 3.03. The lowest BCUT2D eigenvalue weighted by molar-refractivity contribution is 0.301. The van der Waals surface area contributed by atoms with Crippen LogP contribution in [0.1, 0.15) is 46.5 Å². The molecule has 0 aromatic carbocycles. The summed E-state index contributed by atoms with van der Waals surface area (Å²) in [5.74, 6) is 7.02. The maximum absolute atomic E-state index is 5.90. The number of nitrogens with two attached hydrogens (primary N) is 1. The van der Waals surface area contributed by atoms with Crippen LogP contribution in [0.2, 0.25) is 0 Å². The van der Waals surface area contributed by atoms with Crippen molar-refractivity contribution in [2.24, 2.45) is 0 Å². The molecule has 0 saturated heterocycles. The van der Waals surface area contributed by atoms with E-state index in [1.165, 1.54) is 0 Å². The van der Waals surface area contributed by atoms with Gasteiger partial charge in [-0.15, -0.1) is 11.8 Å². The molecule has 0 saturated carbocycles. The van der Waals surface area contributed by atoms with Crippen molar-refractivity contribution in [1.29, 1.82) is 0 Å². The summed E-state index contributed by atoms with van der Waals surface area (Å²) >= 11 is 0. The topological polar surface area (TPSA) is 51.4 Å². The van der Waals surface area contributed by atoms with Crippen molar-refractivity contribution in [1.82, 2.24) is 4.98 Å². The Morgan fingerprint density at radius 2 is 1.95 bits per heavy atom. The molecule has 1 aromatic heterocycles. The number of unbranched alkanes of at least 4 members (excludes halogenated alkanes) is 1. The third kappa shape index (κ3) is 6.40. The van der Waals surface area contributed by atoms with Crippen molar-refractivity contribution in [2.45, 2.75) is 46.5 Å². The lowest BCUT2D eigenvalue weighted by Gasteiger charge is -2.24. The van der Waals surface area contributed by atoms with Gasteiger partial charge in [-0.05, 0) is 26.2 Å². The molecule has 21 heavy (non-hydrogen) atoms. The molecule has 1 heterocycles. The van der Waals surface area contributed by atoms with Gasteiger partial charge in [0.25, 0.3) is 0 Å². The van der Waals surface area contributed by atoms with E-state index >= 15 is 0 Å². The van der Waals surface area contributed by atoms with Gasteiger partial charge < -0.3 is 15.4 Å². The van der Waals surface area contributed by atoms with E-state index in [1.807, 2.05) is 19.1 Å². The Labute approximate surface area is 128 Å². The highest BCUT2D eigenvalue weighted by molar-refractivity contribution is 5.55. The van der Waals surface area contributed by atoms with E-state index in [1.54, 1.807) is 0 Å². The van der Waals surface area contributed by atoms with Gasteiger partial charge in [0.1, 0.15) is 5.82 Å². The van der Waals surface area contributed by atoms with E-state index in [9.17, 15) is 0 Å². The molecular weight excluding hydrogens is 262 g/mol. The van der Waals surface area contributed by atoms with Crippen molar-refractivity contribution in [2.75, 3.05) is 30.3 Å². The minimum absolute atomic E-state index is 0.507. The zero-order valence-electron chi connectivity index (χ0n) is 13.5.